The molecule has 0 bridgehead atoms. The van der Waals surface area contributed by atoms with Gasteiger partial charge in [0.25, 0.3) is 0 Å². The summed E-state index contributed by atoms with van der Waals surface area (Å²) in [5, 5.41) is 8.16. The summed E-state index contributed by atoms with van der Waals surface area (Å²) in [5.74, 6) is 0.257. The SMILES string of the molecule is N#CCCCCCCS(=O)[O-].[Na+]. The molecule has 0 aliphatic heterocycles. The van der Waals surface area contributed by atoms with Gasteiger partial charge in [0.2, 0.25) is 0 Å². The van der Waals surface area contributed by atoms with E-state index in [0.717, 1.165) is 25.7 Å². The maximum atomic E-state index is 10.0. The van der Waals surface area contributed by atoms with Gasteiger partial charge in [-0.1, -0.05) is 23.9 Å². The molecule has 0 fully saturated rings. The van der Waals surface area contributed by atoms with Gasteiger partial charge >= 0.3 is 29.6 Å². The zero-order chi connectivity index (χ0) is 8.53. The molecule has 1 unspecified atom stereocenters. The predicted molar refractivity (Wildman–Crippen MR) is 42.5 cm³/mol. The van der Waals surface area contributed by atoms with E-state index in [9.17, 15) is 8.76 Å². The third kappa shape index (κ3) is 13.2. The van der Waals surface area contributed by atoms with Crippen molar-refractivity contribution in [2.24, 2.45) is 0 Å². The normalized spacial score (nSPS) is 11.3. The Bertz CT molecular complexity index is 158. The van der Waals surface area contributed by atoms with Gasteiger partial charge in [-0.15, -0.1) is 0 Å². The van der Waals surface area contributed by atoms with Crippen molar-refractivity contribution in [3.63, 3.8) is 0 Å². The van der Waals surface area contributed by atoms with E-state index in [1.807, 2.05) is 6.07 Å². The van der Waals surface area contributed by atoms with Crippen molar-refractivity contribution in [1.29, 1.82) is 5.26 Å². The molecule has 0 aliphatic carbocycles. The first-order valence-electron chi connectivity index (χ1n) is 3.70. The van der Waals surface area contributed by atoms with Crippen molar-refractivity contribution in [3.05, 3.63) is 0 Å². The Morgan fingerprint density at radius 2 is 1.83 bits per heavy atom. The standard InChI is InChI=1S/C7H13NO2S.Na/c8-6-4-2-1-3-5-7-11(9)10;/h1-5,7H2,(H,9,10);/q;+1/p-1. The summed E-state index contributed by atoms with van der Waals surface area (Å²) < 4.78 is 20.1. The van der Waals surface area contributed by atoms with E-state index in [1.54, 1.807) is 0 Å². The van der Waals surface area contributed by atoms with E-state index in [1.165, 1.54) is 0 Å². The molecule has 0 N–H and O–H groups in total. The van der Waals surface area contributed by atoms with E-state index in [0.29, 0.717) is 6.42 Å². The minimum atomic E-state index is -1.89. The monoisotopic (exact) mass is 197 g/mol. The van der Waals surface area contributed by atoms with Crippen molar-refractivity contribution >= 4 is 11.1 Å². The van der Waals surface area contributed by atoms with Crippen molar-refractivity contribution in [2.45, 2.75) is 32.1 Å². The minimum absolute atomic E-state index is 0. The van der Waals surface area contributed by atoms with Crippen molar-refractivity contribution in [1.82, 2.24) is 0 Å². The number of rotatable bonds is 6. The van der Waals surface area contributed by atoms with Crippen LogP contribution >= 0.6 is 0 Å². The summed E-state index contributed by atoms with van der Waals surface area (Å²) in [6.07, 6.45) is 4.07. The Kier molecular flexibility index (Phi) is 14.6. The van der Waals surface area contributed by atoms with Gasteiger partial charge < -0.3 is 4.55 Å². The quantitative estimate of drug-likeness (QED) is 0.291. The second-order valence-electron chi connectivity index (χ2n) is 2.33. The summed E-state index contributed by atoms with van der Waals surface area (Å²) in [7, 11) is 0. The Hall–Kier alpha value is 0.600. The summed E-state index contributed by atoms with van der Waals surface area (Å²) in [6.45, 7) is 0. The summed E-state index contributed by atoms with van der Waals surface area (Å²) in [5.41, 5.74) is 0. The maximum Gasteiger partial charge on any atom is 1.00 e. The van der Waals surface area contributed by atoms with Crippen LogP contribution in [0.5, 0.6) is 0 Å². The summed E-state index contributed by atoms with van der Waals surface area (Å²) in [6, 6.07) is 2.05. The molecular formula is C7H12NNaO2S. The molecule has 0 saturated carbocycles. The van der Waals surface area contributed by atoms with E-state index in [2.05, 4.69) is 0 Å². The van der Waals surface area contributed by atoms with Gasteiger partial charge in [0, 0.05) is 12.2 Å². The first-order chi connectivity index (χ1) is 5.27. The molecule has 64 valence electrons. The van der Waals surface area contributed by atoms with Crippen LogP contribution in [0.15, 0.2) is 0 Å². The smallest absolute Gasteiger partial charge is 0.772 e. The second-order valence-corrected chi connectivity index (χ2v) is 3.35. The van der Waals surface area contributed by atoms with Gasteiger partial charge in [0.15, 0.2) is 0 Å². The minimum Gasteiger partial charge on any atom is -0.772 e. The van der Waals surface area contributed by atoms with Crippen LogP contribution in [0.3, 0.4) is 0 Å². The molecule has 0 amide bonds. The van der Waals surface area contributed by atoms with Gasteiger partial charge in [-0.05, 0) is 12.8 Å². The fourth-order valence-electron chi connectivity index (χ4n) is 0.778. The van der Waals surface area contributed by atoms with E-state index in [4.69, 9.17) is 5.26 Å². The molecule has 1 atom stereocenters. The van der Waals surface area contributed by atoms with Crippen molar-refractivity contribution in [3.8, 4) is 6.07 Å². The van der Waals surface area contributed by atoms with Crippen molar-refractivity contribution < 1.29 is 38.3 Å². The Balaban J connectivity index is 0. The van der Waals surface area contributed by atoms with E-state index in [-0.39, 0.29) is 35.3 Å². The third-order valence-electron chi connectivity index (χ3n) is 1.35. The molecule has 0 radical (unpaired) electrons. The Labute approximate surface area is 98.1 Å². The largest absolute Gasteiger partial charge is 1.00 e. The van der Waals surface area contributed by atoms with Gasteiger partial charge in [-0.25, -0.2) is 0 Å². The third-order valence-corrected chi connectivity index (χ3v) is 1.97. The molecule has 0 spiro atoms. The number of nitrogens with zero attached hydrogens (tertiary/aromatic N) is 1. The first-order valence-corrected chi connectivity index (χ1v) is 4.94. The zero-order valence-electron chi connectivity index (χ0n) is 7.41. The molecule has 0 saturated heterocycles. The number of hydrogen-bond donors (Lipinski definition) is 0. The predicted octanol–water partition coefficient (Wildman–Crippen LogP) is -1.66. The summed E-state index contributed by atoms with van der Waals surface area (Å²) >= 11 is -1.89. The average molecular weight is 197 g/mol. The molecule has 0 heterocycles. The number of nitriles is 1. The first kappa shape index (κ1) is 15.1. The van der Waals surface area contributed by atoms with Crippen LogP contribution in [0.4, 0.5) is 0 Å². The second kappa shape index (κ2) is 11.6. The molecule has 0 rings (SSSR count). The van der Waals surface area contributed by atoms with Crippen LogP contribution in [0.2, 0.25) is 0 Å². The van der Waals surface area contributed by atoms with Crippen molar-refractivity contribution in [2.75, 3.05) is 5.75 Å². The van der Waals surface area contributed by atoms with Crippen LogP contribution in [-0.2, 0) is 11.1 Å². The number of hydrogen-bond acceptors (Lipinski definition) is 3. The van der Waals surface area contributed by atoms with Gasteiger partial charge in [0.1, 0.15) is 0 Å². The fourth-order valence-corrected chi connectivity index (χ4v) is 1.22. The van der Waals surface area contributed by atoms with Crippen LogP contribution in [0.25, 0.3) is 0 Å². The molecule has 0 aliphatic rings. The zero-order valence-corrected chi connectivity index (χ0v) is 10.2. The molecule has 0 aromatic carbocycles. The molecule has 3 nitrogen and oxygen atoms in total. The Morgan fingerprint density at radius 3 is 2.33 bits per heavy atom. The molecule has 12 heavy (non-hydrogen) atoms. The average Bonchev–Trinajstić information content (AvgIpc) is 1.96. The van der Waals surface area contributed by atoms with Crippen LogP contribution < -0.4 is 29.6 Å². The van der Waals surface area contributed by atoms with Gasteiger partial charge in [-0.2, -0.15) is 5.26 Å². The molecule has 0 aromatic rings. The topological polar surface area (TPSA) is 63.9 Å². The van der Waals surface area contributed by atoms with Crippen LogP contribution in [-0.4, -0.2) is 14.5 Å². The van der Waals surface area contributed by atoms with Gasteiger partial charge in [-0.3, -0.25) is 4.21 Å². The van der Waals surface area contributed by atoms with Crippen LogP contribution in [0.1, 0.15) is 32.1 Å². The molecule has 0 aromatic heterocycles. The Morgan fingerprint density at radius 1 is 1.25 bits per heavy atom. The number of unbranched alkanes of at least 4 members (excludes halogenated alkanes) is 4. The fraction of sp³-hybridized carbons (Fsp3) is 0.857. The summed E-state index contributed by atoms with van der Waals surface area (Å²) in [4.78, 5) is 0. The maximum absolute atomic E-state index is 10.0. The van der Waals surface area contributed by atoms with Crippen LogP contribution in [0, 0.1) is 11.3 Å². The molecular weight excluding hydrogens is 185 g/mol. The van der Waals surface area contributed by atoms with E-state index >= 15 is 0 Å². The van der Waals surface area contributed by atoms with Gasteiger partial charge in [0.05, 0.1) is 6.07 Å². The molecule has 5 heteroatoms. The van der Waals surface area contributed by atoms with E-state index < -0.39 is 11.1 Å².